The van der Waals surface area contributed by atoms with Crippen LogP contribution in [0.4, 0.5) is 19.4 Å². The van der Waals surface area contributed by atoms with Crippen LogP contribution < -0.4 is 14.4 Å². The van der Waals surface area contributed by atoms with Crippen LogP contribution in [-0.2, 0) is 28.4 Å². The summed E-state index contributed by atoms with van der Waals surface area (Å²) in [6.07, 6.45) is 2.80. The van der Waals surface area contributed by atoms with Gasteiger partial charge in [-0.15, -0.1) is 0 Å². The molecule has 3 aromatic heterocycles. The predicted octanol–water partition coefficient (Wildman–Crippen LogP) is 5.13. The third kappa shape index (κ3) is 7.14. The Labute approximate surface area is 284 Å². The van der Waals surface area contributed by atoms with Crippen LogP contribution in [0.3, 0.4) is 0 Å². The molecule has 1 saturated heterocycles. The van der Waals surface area contributed by atoms with Gasteiger partial charge in [-0.3, -0.25) is 4.79 Å². The van der Waals surface area contributed by atoms with Crippen molar-refractivity contribution in [3.63, 3.8) is 0 Å². The summed E-state index contributed by atoms with van der Waals surface area (Å²) in [5, 5.41) is 3.24. The van der Waals surface area contributed by atoms with Gasteiger partial charge in [0.15, 0.2) is 5.82 Å². The molecule has 1 saturated carbocycles. The van der Waals surface area contributed by atoms with Crippen LogP contribution >= 0.6 is 0 Å². The quantitative estimate of drug-likeness (QED) is 0.237. The van der Waals surface area contributed by atoms with Gasteiger partial charge in [0.25, 0.3) is 5.91 Å². The minimum atomic E-state index is -4.31. The molecule has 2 fully saturated rings. The number of ether oxygens (including phenoxy) is 2. The Morgan fingerprint density at radius 3 is 2.53 bits per heavy atom. The Kier molecular flexibility index (Phi) is 8.61. The molecule has 1 aliphatic heterocycles. The van der Waals surface area contributed by atoms with Crippen LogP contribution in [0.1, 0.15) is 58.2 Å². The molecule has 0 unspecified atom stereocenters. The minimum absolute atomic E-state index is 0.000240. The fourth-order valence-electron chi connectivity index (χ4n) is 6.18. The van der Waals surface area contributed by atoms with Crippen LogP contribution in [0, 0.1) is 5.92 Å². The number of imidazole rings is 1. The first kappa shape index (κ1) is 33.0. The second-order valence-corrected chi connectivity index (χ2v) is 15.5. The third-order valence-electron chi connectivity index (χ3n) is 8.51. The maximum absolute atomic E-state index is 13.9. The number of carbonyl (C=O) groups is 2. The van der Waals surface area contributed by atoms with Gasteiger partial charge in [-0.1, -0.05) is 0 Å². The van der Waals surface area contributed by atoms with E-state index in [1.54, 1.807) is 46.0 Å². The summed E-state index contributed by atoms with van der Waals surface area (Å²) < 4.78 is 75.9. The molecular formula is C33H41F2N7O6S. The van der Waals surface area contributed by atoms with Crippen molar-refractivity contribution in [3.05, 3.63) is 35.9 Å². The number of alkyl halides is 2. The number of rotatable bonds is 9. The molecule has 0 bridgehead atoms. The van der Waals surface area contributed by atoms with E-state index >= 15 is 0 Å². The molecule has 2 aliphatic rings. The molecule has 0 spiro atoms. The van der Waals surface area contributed by atoms with E-state index in [1.807, 2.05) is 15.2 Å². The van der Waals surface area contributed by atoms with Crippen LogP contribution in [0.25, 0.3) is 33.6 Å². The molecule has 1 aliphatic carbocycles. The number of sulfonamides is 1. The molecule has 4 heterocycles. The Balaban J connectivity index is 1.37. The second-order valence-electron chi connectivity index (χ2n) is 13.6. The summed E-state index contributed by atoms with van der Waals surface area (Å²) in [5.41, 5.74) is 1.60. The number of hydrogen-bond donors (Lipinski definition) is 1. The zero-order valence-corrected chi connectivity index (χ0v) is 29.1. The summed E-state index contributed by atoms with van der Waals surface area (Å²) >= 11 is 0. The monoisotopic (exact) mass is 702 g/mol. The van der Waals surface area contributed by atoms with Crippen molar-refractivity contribution in [2.45, 2.75) is 71.2 Å². The Morgan fingerprint density at radius 2 is 1.90 bits per heavy atom. The van der Waals surface area contributed by atoms with Gasteiger partial charge in [-0.2, -0.15) is 13.1 Å². The summed E-state index contributed by atoms with van der Waals surface area (Å²) in [4.78, 5) is 37.2. The van der Waals surface area contributed by atoms with E-state index in [2.05, 4.69) is 10.3 Å². The Bertz CT molecular complexity index is 2090. The van der Waals surface area contributed by atoms with Crippen LogP contribution in [-0.4, -0.2) is 89.0 Å². The number of benzene rings is 1. The number of amides is 2. The topological polar surface area (TPSA) is 141 Å². The lowest BCUT2D eigenvalue weighted by Gasteiger charge is -2.33. The van der Waals surface area contributed by atoms with Crippen molar-refractivity contribution in [2.24, 2.45) is 13.0 Å². The SMILES string of the molecule is [2H][C@@]1(NC(=O)OC(C)(C)C)CCCN(C(=O)c2cc(OC)c3c(c2)nc(-c2cc4ccc(N(C(F)F)S(C)(=O)=O)nc4n2CC2CC2)n3C)C1. The highest BCUT2D eigenvalue weighted by Crippen LogP contribution is 2.38. The van der Waals surface area contributed by atoms with Crippen molar-refractivity contribution in [1.82, 2.24) is 29.3 Å². The zero-order valence-electron chi connectivity index (χ0n) is 29.3. The number of halogens is 2. The molecule has 2 amide bonds. The molecule has 0 radical (unpaired) electrons. The van der Waals surface area contributed by atoms with Crippen LogP contribution in [0.5, 0.6) is 5.75 Å². The molecule has 16 heteroatoms. The van der Waals surface area contributed by atoms with Crippen molar-refractivity contribution >= 4 is 49.9 Å². The first-order valence-electron chi connectivity index (χ1n) is 16.5. The number of aromatic nitrogens is 4. The lowest BCUT2D eigenvalue weighted by Crippen LogP contribution is -2.50. The number of pyridine rings is 1. The highest BCUT2D eigenvalue weighted by atomic mass is 32.2. The van der Waals surface area contributed by atoms with Crippen molar-refractivity contribution in [1.29, 1.82) is 0 Å². The normalized spacial score (nSPS) is 19.0. The van der Waals surface area contributed by atoms with Gasteiger partial charge < -0.3 is 28.8 Å². The Hall–Kier alpha value is -4.47. The number of piperidine rings is 1. The number of nitrogens with zero attached hydrogens (tertiary/aromatic N) is 6. The van der Waals surface area contributed by atoms with Crippen molar-refractivity contribution in [3.8, 4) is 17.3 Å². The first-order valence-corrected chi connectivity index (χ1v) is 17.9. The molecule has 49 heavy (non-hydrogen) atoms. The number of hydrogen-bond acceptors (Lipinski definition) is 8. The van der Waals surface area contributed by atoms with Gasteiger partial charge in [-0.25, -0.2) is 23.2 Å². The van der Waals surface area contributed by atoms with E-state index in [9.17, 15) is 26.8 Å². The highest BCUT2D eigenvalue weighted by molar-refractivity contribution is 7.92. The fraction of sp³-hybridized carbons (Fsp3) is 0.515. The van der Waals surface area contributed by atoms with E-state index in [0.717, 1.165) is 12.8 Å². The van der Waals surface area contributed by atoms with Gasteiger partial charge in [0.1, 0.15) is 28.3 Å². The number of methoxy groups -OCH3 is 1. The standard InChI is InChI=1S/C33H41F2N7O6S/c1-33(2,3)48-32(44)36-22-8-7-13-40(18-22)30(43)21-14-23-27(25(16-21)47-5)39(4)29(37-23)24-15-20-11-12-26(42(31(34)35)49(6,45)46)38-28(20)41(24)17-19-9-10-19/h11-12,14-16,19,22,31H,7-10,13,17-18H2,1-6H3,(H,36,44)/t22-/m1/s1/i22D. The van der Waals surface area contributed by atoms with E-state index in [-0.39, 0.29) is 22.6 Å². The summed E-state index contributed by atoms with van der Waals surface area (Å²) in [6.45, 7) is 2.76. The third-order valence-corrected chi connectivity index (χ3v) is 9.57. The van der Waals surface area contributed by atoms with Crippen molar-refractivity contribution in [2.75, 3.05) is 30.8 Å². The number of likely N-dealkylation sites (tertiary alicyclic amines) is 1. The largest absolute Gasteiger partial charge is 0.494 e. The molecule has 1 atom stereocenters. The summed E-state index contributed by atoms with van der Waals surface area (Å²) in [6, 6.07) is 6.50. The van der Waals surface area contributed by atoms with E-state index in [0.29, 0.717) is 83.0 Å². The van der Waals surface area contributed by atoms with E-state index < -0.39 is 34.3 Å². The lowest BCUT2D eigenvalue weighted by molar-refractivity contribution is 0.0452. The molecular weight excluding hydrogens is 660 g/mol. The number of alkyl carbamates (subject to hydrolysis) is 1. The number of anilines is 1. The maximum Gasteiger partial charge on any atom is 0.407 e. The molecule has 1 aromatic carbocycles. The molecule has 4 aromatic rings. The molecule has 1 N–H and O–H groups in total. The summed E-state index contributed by atoms with van der Waals surface area (Å²) in [7, 11) is -1.02. The summed E-state index contributed by atoms with van der Waals surface area (Å²) in [5.74, 6) is 0.486. The van der Waals surface area contributed by atoms with E-state index in [1.165, 1.54) is 18.1 Å². The van der Waals surface area contributed by atoms with E-state index in [4.69, 9.17) is 15.8 Å². The van der Waals surface area contributed by atoms with Gasteiger partial charge >= 0.3 is 12.6 Å². The number of nitrogens with one attached hydrogen (secondary N) is 1. The zero-order chi connectivity index (χ0) is 36.3. The molecule has 6 rings (SSSR count). The van der Waals surface area contributed by atoms with Gasteiger partial charge in [0.2, 0.25) is 10.0 Å². The fourth-order valence-corrected chi connectivity index (χ4v) is 6.91. The van der Waals surface area contributed by atoms with Crippen LogP contribution in [0.2, 0.25) is 0 Å². The minimum Gasteiger partial charge on any atom is -0.494 e. The maximum atomic E-state index is 13.9. The molecule has 13 nitrogen and oxygen atoms in total. The number of carbonyl (C=O) groups excluding carboxylic acids is 2. The smallest absolute Gasteiger partial charge is 0.407 e. The average Bonchev–Trinajstić information content (AvgIpc) is 3.67. The second kappa shape index (κ2) is 12.8. The lowest BCUT2D eigenvalue weighted by atomic mass is 10.0. The molecule has 264 valence electrons. The van der Waals surface area contributed by atoms with Gasteiger partial charge in [-0.05, 0) is 82.7 Å². The van der Waals surface area contributed by atoms with Gasteiger partial charge in [0, 0.05) is 43.6 Å². The highest BCUT2D eigenvalue weighted by Gasteiger charge is 2.32. The number of fused-ring (bicyclic) bond motifs is 2. The first-order chi connectivity index (χ1) is 23.4. The number of aryl methyl sites for hydroxylation is 1. The Morgan fingerprint density at radius 1 is 1.16 bits per heavy atom. The average molecular weight is 703 g/mol. The van der Waals surface area contributed by atoms with Crippen LogP contribution in [0.15, 0.2) is 30.3 Å². The predicted molar refractivity (Wildman–Crippen MR) is 180 cm³/mol. The van der Waals surface area contributed by atoms with Gasteiger partial charge in [0.05, 0.1) is 25.9 Å². The van der Waals surface area contributed by atoms with Crippen molar-refractivity contribution < 1.29 is 37.6 Å².